The van der Waals surface area contributed by atoms with Gasteiger partial charge in [-0.1, -0.05) is 24.6 Å². The summed E-state index contributed by atoms with van der Waals surface area (Å²) in [6.45, 7) is 0.770. The quantitative estimate of drug-likeness (QED) is 0.590. The van der Waals surface area contributed by atoms with E-state index in [-0.39, 0.29) is 17.7 Å². The monoisotopic (exact) mass is 432 g/mol. The second-order valence-corrected chi connectivity index (χ2v) is 7.52. The lowest BCUT2D eigenvalue weighted by Gasteiger charge is -2.11. The summed E-state index contributed by atoms with van der Waals surface area (Å²) in [6.07, 6.45) is -0.840. The Morgan fingerprint density at radius 1 is 1.06 bits per heavy atom. The predicted molar refractivity (Wildman–Crippen MR) is 107 cm³/mol. The van der Waals surface area contributed by atoms with E-state index in [2.05, 4.69) is 15.5 Å². The molecule has 5 nitrogen and oxygen atoms in total. The maximum atomic E-state index is 14.3. The summed E-state index contributed by atoms with van der Waals surface area (Å²) in [7, 11) is 0. The minimum absolute atomic E-state index is 0.0551. The molecule has 9 heteroatoms. The molecule has 2 aromatic carbocycles. The van der Waals surface area contributed by atoms with Crippen molar-refractivity contribution in [3.05, 3.63) is 65.2 Å². The zero-order chi connectivity index (χ0) is 22.0. The van der Waals surface area contributed by atoms with Crippen LogP contribution in [0.3, 0.4) is 0 Å². The van der Waals surface area contributed by atoms with E-state index in [4.69, 9.17) is 0 Å². The Balaban J connectivity index is 1.53. The van der Waals surface area contributed by atoms with Crippen molar-refractivity contribution in [1.29, 1.82) is 0 Å². The van der Waals surface area contributed by atoms with Gasteiger partial charge in [-0.3, -0.25) is 4.79 Å². The van der Waals surface area contributed by atoms with Gasteiger partial charge in [0.25, 0.3) is 0 Å². The van der Waals surface area contributed by atoms with Crippen molar-refractivity contribution >= 4 is 11.6 Å². The zero-order valence-electron chi connectivity index (χ0n) is 16.5. The number of hydrogen-bond donors (Lipinski definition) is 1. The molecule has 162 valence electrons. The maximum absolute atomic E-state index is 14.3. The van der Waals surface area contributed by atoms with Crippen LogP contribution >= 0.6 is 0 Å². The number of hydrogen-bond acceptors (Lipinski definition) is 3. The van der Waals surface area contributed by atoms with Gasteiger partial charge in [0.1, 0.15) is 11.6 Å². The largest absolute Gasteiger partial charge is 0.416 e. The van der Waals surface area contributed by atoms with E-state index >= 15 is 0 Å². The van der Waals surface area contributed by atoms with Gasteiger partial charge in [0.05, 0.1) is 17.7 Å². The minimum Gasteiger partial charge on any atom is -0.323 e. The zero-order valence-corrected chi connectivity index (χ0v) is 16.5. The third-order valence-corrected chi connectivity index (χ3v) is 5.23. The van der Waals surface area contributed by atoms with Gasteiger partial charge in [0.2, 0.25) is 5.91 Å². The molecule has 3 aromatic rings. The number of aryl methyl sites for hydroxylation is 1. The lowest BCUT2D eigenvalue weighted by atomic mass is 10.1. The summed E-state index contributed by atoms with van der Waals surface area (Å²) in [5, 5.41) is 10.9. The van der Waals surface area contributed by atoms with Gasteiger partial charge >= 0.3 is 6.18 Å². The molecule has 1 aliphatic heterocycles. The lowest BCUT2D eigenvalue weighted by Crippen LogP contribution is -2.16. The number of fused-ring (bicyclic) bond motifs is 1. The van der Waals surface area contributed by atoms with E-state index in [1.807, 2.05) is 4.57 Å². The Bertz CT molecular complexity index is 1110. The van der Waals surface area contributed by atoms with Crippen molar-refractivity contribution in [2.24, 2.45) is 0 Å². The van der Waals surface area contributed by atoms with Crippen LogP contribution in [0.4, 0.5) is 23.2 Å². The van der Waals surface area contributed by atoms with Crippen LogP contribution in [-0.4, -0.2) is 20.7 Å². The summed E-state index contributed by atoms with van der Waals surface area (Å²) < 4.78 is 54.9. The lowest BCUT2D eigenvalue weighted by molar-refractivity contribution is -0.137. The molecule has 0 atom stereocenters. The third-order valence-electron chi connectivity index (χ3n) is 5.23. The summed E-state index contributed by atoms with van der Waals surface area (Å²) in [5.74, 6) is 0.226. The Labute approximate surface area is 176 Å². The molecule has 31 heavy (non-hydrogen) atoms. The Morgan fingerprint density at radius 2 is 1.90 bits per heavy atom. The highest BCUT2D eigenvalue weighted by atomic mass is 19.4. The number of benzene rings is 2. The number of alkyl halides is 3. The van der Waals surface area contributed by atoms with Gasteiger partial charge < -0.3 is 9.88 Å². The van der Waals surface area contributed by atoms with E-state index in [1.165, 1.54) is 24.3 Å². The smallest absolute Gasteiger partial charge is 0.323 e. The van der Waals surface area contributed by atoms with Gasteiger partial charge in [-0.05, 0) is 42.7 Å². The number of amides is 1. The molecule has 1 amide bonds. The first-order chi connectivity index (χ1) is 14.8. The van der Waals surface area contributed by atoms with Gasteiger partial charge in [-0.25, -0.2) is 4.39 Å². The standard InChI is InChI=1S/C22H20F4N4O/c23-17-9-8-15(21-29-28-19-7-2-1-3-10-30(19)21)13-18(17)27-20(31)12-14-5-4-6-16(11-14)22(24,25)26/h4-6,8-9,11,13H,1-3,7,10,12H2,(H,27,31). The number of carbonyl (C=O) groups is 1. The molecule has 1 aromatic heterocycles. The number of anilines is 1. The molecule has 0 bridgehead atoms. The first-order valence-corrected chi connectivity index (χ1v) is 9.99. The maximum Gasteiger partial charge on any atom is 0.416 e. The van der Waals surface area contributed by atoms with Crippen LogP contribution in [0.25, 0.3) is 11.4 Å². The molecule has 2 heterocycles. The number of halogens is 4. The molecule has 0 saturated carbocycles. The molecule has 1 N–H and O–H groups in total. The Kier molecular flexibility index (Phi) is 5.75. The van der Waals surface area contributed by atoms with Gasteiger partial charge in [-0.15, -0.1) is 10.2 Å². The van der Waals surface area contributed by atoms with Crippen molar-refractivity contribution in [1.82, 2.24) is 14.8 Å². The van der Waals surface area contributed by atoms with Crippen LogP contribution in [0.15, 0.2) is 42.5 Å². The van der Waals surface area contributed by atoms with Crippen LogP contribution in [0.5, 0.6) is 0 Å². The Hall–Kier alpha value is -3.23. The van der Waals surface area contributed by atoms with Crippen LogP contribution in [0.2, 0.25) is 0 Å². The van der Waals surface area contributed by atoms with Crippen molar-refractivity contribution in [2.75, 3.05) is 5.32 Å². The summed E-state index contributed by atoms with van der Waals surface area (Å²) in [5.41, 5.74) is -0.0954. The molecule has 0 spiro atoms. The Morgan fingerprint density at radius 3 is 2.71 bits per heavy atom. The summed E-state index contributed by atoms with van der Waals surface area (Å²) in [6, 6.07) is 8.79. The third kappa shape index (κ3) is 4.76. The fraction of sp³-hybridized carbons (Fsp3) is 0.318. The van der Waals surface area contributed by atoms with Crippen molar-refractivity contribution in [3.63, 3.8) is 0 Å². The van der Waals surface area contributed by atoms with E-state index in [0.29, 0.717) is 11.4 Å². The first-order valence-electron chi connectivity index (χ1n) is 9.99. The SMILES string of the molecule is O=C(Cc1cccc(C(F)(F)F)c1)Nc1cc(-c2nnc3n2CCCCC3)ccc1F. The summed E-state index contributed by atoms with van der Waals surface area (Å²) in [4.78, 5) is 12.4. The highest BCUT2D eigenvalue weighted by molar-refractivity contribution is 5.93. The molecule has 4 rings (SSSR count). The number of aromatic nitrogens is 3. The number of nitrogens with zero attached hydrogens (tertiary/aromatic N) is 3. The second-order valence-electron chi connectivity index (χ2n) is 7.52. The van der Waals surface area contributed by atoms with Crippen molar-refractivity contribution in [3.8, 4) is 11.4 Å². The van der Waals surface area contributed by atoms with Crippen molar-refractivity contribution < 1.29 is 22.4 Å². The van der Waals surface area contributed by atoms with Gasteiger partial charge in [0, 0.05) is 18.5 Å². The van der Waals surface area contributed by atoms with Crippen LogP contribution in [0.1, 0.15) is 36.2 Å². The first kappa shape index (κ1) is 21.0. The average Bonchev–Trinajstić information content (AvgIpc) is 2.97. The summed E-state index contributed by atoms with van der Waals surface area (Å²) >= 11 is 0. The van der Waals surface area contributed by atoms with Gasteiger partial charge in [0.15, 0.2) is 5.82 Å². The minimum atomic E-state index is -4.50. The molecule has 0 aliphatic carbocycles. The number of carbonyl (C=O) groups excluding carboxylic acids is 1. The van der Waals surface area contributed by atoms with E-state index < -0.39 is 23.5 Å². The van der Waals surface area contributed by atoms with E-state index in [9.17, 15) is 22.4 Å². The topological polar surface area (TPSA) is 59.8 Å². The van der Waals surface area contributed by atoms with Crippen molar-refractivity contribution in [2.45, 2.75) is 44.8 Å². The molecule has 0 unspecified atom stereocenters. The predicted octanol–water partition coefficient (Wildman–Crippen LogP) is 5.01. The molecular weight excluding hydrogens is 412 g/mol. The molecular formula is C22H20F4N4O. The molecule has 0 saturated heterocycles. The molecule has 1 aliphatic rings. The van der Waals surface area contributed by atoms with Gasteiger partial charge in [-0.2, -0.15) is 13.2 Å². The van der Waals surface area contributed by atoms with Crippen LogP contribution in [0, 0.1) is 5.82 Å². The van der Waals surface area contributed by atoms with E-state index in [0.717, 1.165) is 50.2 Å². The number of nitrogens with one attached hydrogen (secondary N) is 1. The highest BCUT2D eigenvalue weighted by Gasteiger charge is 2.30. The highest BCUT2D eigenvalue weighted by Crippen LogP contribution is 2.30. The fourth-order valence-corrected chi connectivity index (χ4v) is 3.70. The fourth-order valence-electron chi connectivity index (χ4n) is 3.70. The second kappa shape index (κ2) is 8.49. The molecule has 0 fully saturated rings. The average molecular weight is 432 g/mol. The van der Waals surface area contributed by atoms with Crippen LogP contribution < -0.4 is 5.32 Å². The van der Waals surface area contributed by atoms with Crippen LogP contribution in [-0.2, 0) is 30.4 Å². The van der Waals surface area contributed by atoms with E-state index in [1.54, 1.807) is 6.07 Å². The molecule has 0 radical (unpaired) electrons. The number of rotatable bonds is 4. The normalized spacial score (nSPS) is 14.1.